The molecule has 2 aromatic heterocycles. The molecular formula is C19H25N3OS. The Kier molecular flexibility index (Phi) is 8.06. The predicted molar refractivity (Wildman–Crippen MR) is 105 cm³/mol. The lowest BCUT2D eigenvalue weighted by atomic mass is 10.3. The summed E-state index contributed by atoms with van der Waals surface area (Å²) in [7, 11) is 0. The second-order valence-electron chi connectivity index (χ2n) is 5.16. The van der Waals surface area contributed by atoms with Gasteiger partial charge in [0, 0.05) is 11.4 Å². The summed E-state index contributed by atoms with van der Waals surface area (Å²) in [5.41, 5.74) is 2.29. The molecule has 2 heterocycles. The van der Waals surface area contributed by atoms with E-state index in [0.29, 0.717) is 10.6 Å². The smallest absolute Gasteiger partial charge is 0.267 e. The standard InChI is InChI=1S/C16H19N3OS.C3H6/c1-4-5-6-7-8-14-15(21)17-11-18(16(14)20)19-12(2)9-10-13(19)3;1-3-2/h5-11,21H,4H2,1-3H3;3H,1H2,2H3/b6-5+,8-7+;. The average Bonchev–Trinajstić information content (AvgIpc) is 2.87. The summed E-state index contributed by atoms with van der Waals surface area (Å²) < 4.78 is 3.34. The Morgan fingerprint density at radius 1 is 1.25 bits per heavy atom. The van der Waals surface area contributed by atoms with Crippen LogP contribution in [0.15, 0.2) is 59.2 Å². The first-order chi connectivity index (χ1) is 11.5. The van der Waals surface area contributed by atoms with Crippen LogP contribution in [0.4, 0.5) is 0 Å². The topological polar surface area (TPSA) is 39.8 Å². The molecule has 0 aromatic carbocycles. The molecule has 0 fully saturated rings. The number of aromatic nitrogens is 3. The van der Waals surface area contributed by atoms with Crippen molar-refractivity contribution in [1.29, 1.82) is 0 Å². The number of thiol groups is 1. The lowest BCUT2D eigenvalue weighted by Crippen LogP contribution is -2.29. The van der Waals surface area contributed by atoms with Crippen molar-refractivity contribution in [3.05, 3.63) is 76.6 Å². The maximum atomic E-state index is 12.6. The zero-order chi connectivity index (χ0) is 18.1. The maximum Gasteiger partial charge on any atom is 0.281 e. The van der Waals surface area contributed by atoms with Crippen LogP contribution in [0, 0.1) is 13.8 Å². The molecule has 0 spiro atoms. The number of hydrogen-bond acceptors (Lipinski definition) is 3. The summed E-state index contributed by atoms with van der Waals surface area (Å²) >= 11 is 4.28. The van der Waals surface area contributed by atoms with Crippen molar-refractivity contribution in [2.45, 2.75) is 39.1 Å². The number of aryl methyl sites for hydroxylation is 2. The molecule has 0 bridgehead atoms. The summed E-state index contributed by atoms with van der Waals surface area (Å²) in [5.74, 6) is 0. The molecule has 128 valence electrons. The highest BCUT2D eigenvalue weighted by atomic mass is 32.1. The summed E-state index contributed by atoms with van der Waals surface area (Å²) in [6.45, 7) is 11.2. The lowest BCUT2D eigenvalue weighted by molar-refractivity contribution is 0.579. The van der Waals surface area contributed by atoms with Crippen LogP contribution in [0.1, 0.15) is 37.2 Å². The van der Waals surface area contributed by atoms with Crippen molar-refractivity contribution in [3.8, 4) is 0 Å². The van der Waals surface area contributed by atoms with Gasteiger partial charge in [-0.2, -0.15) is 0 Å². The molecule has 5 heteroatoms. The number of hydrogen-bond donors (Lipinski definition) is 1. The molecule has 4 nitrogen and oxygen atoms in total. The highest BCUT2D eigenvalue weighted by Gasteiger charge is 2.10. The summed E-state index contributed by atoms with van der Waals surface area (Å²) in [5, 5.41) is 0.430. The summed E-state index contributed by atoms with van der Waals surface area (Å²) in [6, 6.07) is 3.94. The van der Waals surface area contributed by atoms with Crippen LogP contribution in [0.5, 0.6) is 0 Å². The zero-order valence-corrected chi connectivity index (χ0v) is 15.6. The third-order valence-corrected chi connectivity index (χ3v) is 3.52. The normalized spacial score (nSPS) is 10.9. The van der Waals surface area contributed by atoms with Crippen molar-refractivity contribution in [2.24, 2.45) is 0 Å². The fourth-order valence-corrected chi connectivity index (χ4v) is 2.33. The minimum atomic E-state index is -0.140. The van der Waals surface area contributed by atoms with E-state index < -0.39 is 0 Å². The third kappa shape index (κ3) is 4.86. The molecule has 0 atom stereocenters. The van der Waals surface area contributed by atoms with Crippen LogP contribution in [0.2, 0.25) is 0 Å². The van der Waals surface area contributed by atoms with E-state index in [1.54, 1.807) is 12.2 Å². The SMILES string of the molecule is C=CC.CC/C=C/C=C/c1c(S)ncn(-n2c(C)ccc2C)c1=O. The van der Waals surface area contributed by atoms with Gasteiger partial charge in [0.2, 0.25) is 0 Å². The minimum Gasteiger partial charge on any atom is -0.267 e. The Hall–Kier alpha value is -2.27. The highest BCUT2D eigenvalue weighted by molar-refractivity contribution is 7.80. The van der Waals surface area contributed by atoms with Gasteiger partial charge in [-0.1, -0.05) is 31.2 Å². The van der Waals surface area contributed by atoms with Gasteiger partial charge in [0.1, 0.15) is 11.4 Å². The zero-order valence-electron chi connectivity index (χ0n) is 14.7. The van der Waals surface area contributed by atoms with Gasteiger partial charge in [-0.25, -0.2) is 9.66 Å². The van der Waals surface area contributed by atoms with Crippen molar-refractivity contribution < 1.29 is 0 Å². The molecule has 24 heavy (non-hydrogen) atoms. The lowest BCUT2D eigenvalue weighted by Gasteiger charge is -2.13. The molecule has 0 aliphatic heterocycles. The first-order valence-corrected chi connectivity index (χ1v) is 8.29. The number of nitrogens with zero attached hydrogens (tertiary/aromatic N) is 3. The van der Waals surface area contributed by atoms with E-state index in [9.17, 15) is 4.79 Å². The Bertz CT molecular complexity index is 778. The van der Waals surface area contributed by atoms with Gasteiger partial charge in [-0.05, 0) is 45.4 Å². The van der Waals surface area contributed by atoms with Crippen LogP contribution < -0.4 is 5.56 Å². The Morgan fingerprint density at radius 3 is 2.38 bits per heavy atom. The molecule has 0 unspecified atom stereocenters. The van der Waals surface area contributed by atoms with Gasteiger partial charge in [-0.3, -0.25) is 9.47 Å². The molecule has 0 aliphatic rings. The van der Waals surface area contributed by atoms with Crippen molar-refractivity contribution >= 4 is 18.7 Å². The van der Waals surface area contributed by atoms with Gasteiger partial charge in [-0.15, -0.1) is 19.2 Å². The highest BCUT2D eigenvalue weighted by Crippen LogP contribution is 2.10. The molecule has 0 amide bonds. The van der Waals surface area contributed by atoms with Gasteiger partial charge >= 0.3 is 0 Å². The largest absolute Gasteiger partial charge is 0.281 e. The Labute approximate surface area is 149 Å². The van der Waals surface area contributed by atoms with Gasteiger partial charge in [0.05, 0.1) is 5.56 Å². The molecule has 0 saturated heterocycles. The number of allylic oxidation sites excluding steroid dienone is 4. The van der Waals surface area contributed by atoms with Crippen molar-refractivity contribution in [3.63, 3.8) is 0 Å². The van der Waals surface area contributed by atoms with Crippen LogP contribution in [0.3, 0.4) is 0 Å². The van der Waals surface area contributed by atoms with E-state index in [1.165, 1.54) is 11.0 Å². The fraction of sp³-hybridized carbons (Fsp3) is 0.263. The second-order valence-corrected chi connectivity index (χ2v) is 5.59. The Morgan fingerprint density at radius 2 is 1.83 bits per heavy atom. The van der Waals surface area contributed by atoms with Gasteiger partial charge in [0.25, 0.3) is 5.56 Å². The number of rotatable bonds is 4. The molecule has 2 aromatic rings. The second kappa shape index (κ2) is 9.78. The monoisotopic (exact) mass is 343 g/mol. The van der Waals surface area contributed by atoms with Gasteiger partial charge < -0.3 is 0 Å². The van der Waals surface area contributed by atoms with E-state index in [-0.39, 0.29) is 5.56 Å². The fourth-order valence-electron chi connectivity index (χ4n) is 2.11. The van der Waals surface area contributed by atoms with E-state index >= 15 is 0 Å². The maximum absolute atomic E-state index is 12.6. The third-order valence-electron chi connectivity index (χ3n) is 3.16. The molecule has 0 saturated carbocycles. The molecule has 0 radical (unpaired) electrons. The van der Waals surface area contributed by atoms with Crippen molar-refractivity contribution in [1.82, 2.24) is 14.3 Å². The van der Waals surface area contributed by atoms with Gasteiger partial charge in [0.15, 0.2) is 0 Å². The summed E-state index contributed by atoms with van der Waals surface area (Å²) in [4.78, 5) is 16.8. The molecular weight excluding hydrogens is 318 g/mol. The molecule has 0 aliphatic carbocycles. The van der Waals surface area contributed by atoms with Crippen LogP contribution >= 0.6 is 12.6 Å². The predicted octanol–water partition coefficient (Wildman–Crippen LogP) is 4.43. The van der Waals surface area contributed by atoms with Crippen molar-refractivity contribution in [2.75, 3.05) is 0 Å². The molecule has 2 rings (SSSR count). The quantitative estimate of drug-likeness (QED) is 0.386. The van der Waals surface area contributed by atoms with E-state index in [0.717, 1.165) is 17.8 Å². The van der Waals surface area contributed by atoms with Crippen LogP contribution in [-0.4, -0.2) is 14.3 Å². The van der Waals surface area contributed by atoms with E-state index in [1.807, 2.05) is 55.8 Å². The van der Waals surface area contributed by atoms with Crippen LogP contribution in [-0.2, 0) is 0 Å². The first kappa shape index (κ1) is 19.8. The van der Waals surface area contributed by atoms with E-state index in [2.05, 4.69) is 31.1 Å². The van der Waals surface area contributed by atoms with Crippen LogP contribution in [0.25, 0.3) is 6.08 Å². The Balaban J connectivity index is 0.000000891. The summed E-state index contributed by atoms with van der Waals surface area (Å²) in [6.07, 6.45) is 11.7. The average molecular weight is 343 g/mol. The molecule has 0 N–H and O–H groups in total. The van der Waals surface area contributed by atoms with E-state index in [4.69, 9.17) is 0 Å². The minimum absolute atomic E-state index is 0.140. The first-order valence-electron chi connectivity index (χ1n) is 7.84.